The number of allylic oxidation sites excluding steroid dienone is 1. The van der Waals surface area contributed by atoms with Gasteiger partial charge in [-0.05, 0) is 6.92 Å². The maximum atomic E-state index is 13.1. The molecule has 0 saturated carbocycles. The molecule has 1 unspecified atom stereocenters. The molecule has 3 aliphatic rings. The Balaban J connectivity index is 1.97. The summed E-state index contributed by atoms with van der Waals surface area (Å²) < 4.78 is 45.3. The number of ether oxygens (including phenoxy) is 1. The number of halogens is 4. The second kappa shape index (κ2) is 5.29. The lowest BCUT2D eigenvalue weighted by atomic mass is 10.2. The smallest absolute Gasteiger partial charge is 0.378 e. The standard InChI is InChI=1S/C12H14BrF3N4O/c1-8-10(13)20-7-19(12(14,15)16)6-9(11(20)17-8)18-2-4-21-5-3-18/h6H,2-5,7H2,1H3/p+1. The Bertz CT molecular complexity index is 537. The number of aliphatic imine (C=N–C) groups is 1. The average molecular weight is 368 g/mol. The fraction of sp³-hybridized carbons (Fsp3) is 0.583. The Morgan fingerprint density at radius 1 is 1.33 bits per heavy atom. The highest BCUT2D eigenvalue weighted by molar-refractivity contribution is 9.11. The van der Waals surface area contributed by atoms with Crippen LogP contribution in [-0.2, 0) is 4.74 Å². The highest BCUT2D eigenvalue weighted by atomic mass is 79.9. The molecule has 0 radical (unpaired) electrons. The normalized spacial score (nSPS) is 26.8. The van der Waals surface area contributed by atoms with Crippen molar-refractivity contribution in [1.29, 1.82) is 0 Å². The fourth-order valence-electron chi connectivity index (χ4n) is 2.59. The van der Waals surface area contributed by atoms with Crippen molar-refractivity contribution < 1.29 is 22.8 Å². The molecule has 1 N–H and O–H groups in total. The lowest BCUT2D eigenvalue weighted by Crippen LogP contribution is -3.14. The van der Waals surface area contributed by atoms with E-state index in [9.17, 15) is 13.2 Å². The Kier molecular flexibility index (Phi) is 3.74. The summed E-state index contributed by atoms with van der Waals surface area (Å²) in [4.78, 5) is 7.33. The minimum Gasteiger partial charge on any atom is -0.378 e. The van der Waals surface area contributed by atoms with Gasteiger partial charge in [0.25, 0.3) is 5.84 Å². The van der Waals surface area contributed by atoms with E-state index in [1.807, 2.05) is 4.90 Å². The van der Waals surface area contributed by atoms with Crippen LogP contribution in [0.1, 0.15) is 6.92 Å². The Morgan fingerprint density at radius 3 is 2.62 bits per heavy atom. The molecule has 9 heteroatoms. The number of amidine groups is 1. The highest BCUT2D eigenvalue weighted by Gasteiger charge is 2.47. The first-order chi connectivity index (χ1) is 9.88. The van der Waals surface area contributed by atoms with Gasteiger partial charge in [0.2, 0.25) is 4.61 Å². The van der Waals surface area contributed by atoms with Gasteiger partial charge in [-0.1, -0.05) is 0 Å². The van der Waals surface area contributed by atoms with Gasteiger partial charge in [-0.15, -0.1) is 13.2 Å². The van der Waals surface area contributed by atoms with Gasteiger partial charge in [0, 0.05) is 35.2 Å². The fourth-order valence-corrected chi connectivity index (χ4v) is 2.99. The van der Waals surface area contributed by atoms with E-state index in [0.29, 0.717) is 57.9 Å². The summed E-state index contributed by atoms with van der Waals surface area (Å²) in [6, 6.07) is 0. The van der Waals surface area contributed by atoms with E-state index in [4.69, 9.17) is 4.74 Å². The highest BCUT2D eigenvalue weighted by Crippen LogP contribution is 2.26. The molecule has 21 heavy (non-hydrogen) atoms. The zero-order valence-electron chi connectivity index (χ0n) is 11.4. The van der Waals surface area contributed by atoms with Gasteiger partial charge in [-0.25, -0.2) is 9.80 Å². The van der Waals surface area contributed by atoms with Crippen LogP contribution in [0, 0.1) is 0 Å². The van der Waals surface area contributed by atoms with Crippen LogP contribution in [0.5, 0.6) is 0 Å². The monoisotopic (exact) mass is 367 g/mol. The first-order valence-electron chi connectivity index (χ1n) is 6.58. The molecule has 116 valence electrons. The van der Waals surface area contributed by atoms with Crippen molar-refractivity contribution in [3.8, 4) is 0 Å². The molecule has 3 aliphatic heterocycles. The molecule has 3 rings (SSSR count). The number of hydrogen-bond acceptors (Lipinski definition) is 4. The lowest BCUT2D eigenvalue weighted by Gasteiger charge is -2.37. The maximum absolute atomic E-state index is 13.1. The van der Waals surface area contributed by atoms with Crippen LogP contribution < -0.4 is 4.90 Å². The molecule has 0 bridgehead atoms. The van der Waals surface area contributed by atoms with Gasteiger partial charge in [0.1, 0.15) is 11.4 Å². The van der Waals surface area contributed by atoms with E-state index in [1.165, 1.54) is 0 Å². The summed E-state index contributed by atoms with van der Waals surface area (Å²) in [6.07, 6.45) is -3.24. The van der Waals surface area contributed by atoms with Crippen LogP contribution in [0.4, 0.5) is 13.2 Å². The van der Waals surface area contributed by atoms with Gasteiger partial charge in [-0.2, -0.15) is 4.99 Å². The molecule has 3 heterocycles. The second-order valence-corrected chi connectivity index (χ2v) is 5.84. The molecule has 0 aromatic heterocycles. The van der Waals surface area contributed by atoms with Crippen molar-refractivity contribution in [2.24, 2.45) is 4.99 Å². The Hall–Kier alpha value is -1.06. The van der Waals surface area contributed by atoms with Gasteiger partial charge < -0.3 is 9.64 Å². The maximum Gasteiger partial charge on any atom is 0.488 e. The predicted molar refractivity (Wildman–Crippen MR) is 73.3 cm³/mol. The van der Waals surface area contributed by atoms with Crippen molar-refractivity contribution in [3.63, 3.8) is 0 Å². The molecule has 0 amide bonds. The van der Waals surface area contributed by atoms with E-state index in [-0.39, 0.29) is 6.67 Å². The van der Waals surface area contributed by atoms with E-state index in [2.05, 4.69) is 20.9 Å². The largest absolute Gasteiger partial charge is 0.488 e. The predicted octanol–water partition coefficient (Wildman–Crippen LogP) is 0.834. The van der Waals surface area contributed by atoms with Crippen molar-refractivity contribution in [3.05, 3.63) is 22.2 Å². The van der Waals surface area contributed by atoms with Crippen LogP contribution in [0.25, 0.3) is 0 Å². The van der Waals surface area contributed by atoms with Gasteiger partial charge in [0.15, 0.2) is 6.67 Å². The summed E-state index contributed by atoms with van der Waals surface area (Å²) in [7, 11) is 0. The molecule has 5 nitrogen and oxygen atoms in total. The zero-order valence-corrected chi connectivity index (χ0v) is 13.0. The number of hydrogen-bond donors (Lipinski definition) is 1. The summed E-state index contributed by atoms with van der Waals surface area (Å²) in [5.74, 6) is 0.641. The van der Waals surface area contributed by atoms with Crippen LogP contribution in [0.3, 0.4) is 0 Å². The lowest BCUT2D eigenvalue weighted by molar-refractivity contribution is -0.769. The number of rotatable bonds is 1. The number of alkyl halides is 3. The molecule has 0 aromatic rings. The number of quaternary nitrogens is 1. The van der Waals surface area contributed by atoms with Crippen molar-refractivity contribution in [2.75, 3.05) is 33.0 Å². The molecule has 0 spiro atoms. The zero-order chi connectivity index (χ0) is 15.2. The summed E-state index contributed by atoms with van der Waals surface area (Å²) >= 11 is 3.35. The Labute approximate surface area is 128 Å². The molecular weight excluding hydrogens is 353 g/mol. The molecule has 1 fully saturated rings. The first kappa shape index (κ1) is 14.9. The summed E-state index contributed by atoms with van der Waals surface area (Å²) in [5, 5.41) is 0. The van der Waals surface area contributed by atoms with Crippen molar-refractivity contribution in [1.82, 2.24) is 9.80 Å². The van der Waals surface area contributed by atoms with Crippen LogP contribution in [-0.4, -0.2) is 54.9 Å². The molecule has 0 aliphatic carbocycles. The van der Waals surface area contributed by atoms with Crippen LogP contribution in [0.15, 0.2) is 27.2 Å². The topological polar surface area (TPSA) is 32.5 Å². The number of morpholine rings is 1. The third-order valence-electron chi connectivity index (χ3n) is 3.67. The average Bonchev–Trinajstić information content (AvgIpc) is 2.74. The minimum atomic E-state index is -4.40. The van der Waals surface area contributed by atoms with E-state index in [1.54, 1.807) is 6.92 Å². The quantitative estimate of drug-likeness (QED) is 0.697. The Morgan fingerprint density at radius 2 is 2.00 bits per heavy atom. The van der Waals surface area contributed by atoms with Crippen molar-refractivity contribution in [2.45, 2.75) is 13.2 Å². The van der Waals surface area contributed by atoms with Crippen molar-refractivity contribution >= 4 is 21.8 Å². The van der Waals surface area contributed by atoms with Crippen LogP contribution in [0.2, 0.25) is 0 Å². The first-order valence-corrected chi connectivity index (χ1v) is 7.37. The molecular formula is C12H15BrF3N4O+. The summed E-state index contributed by atoms with van der Waals surface area (Å²) in [5.41, 5.74) is 1.23. The summed E-state index contributed by atoms with van der Waals surface area (Å²) in [6.45, 7) is 3.74. The number of fused-ring (bicyclic) bond motifs is 1. The van der Waals surface area contributed by atoms with E-state index < -0.39 is 6.30 Å². The minimum absolute atomic E-state index is 0.214. The van der Waals surface area contributed by atoms with Gasteiger partial charge in [-0.3, -0.25) is 0 Å². The molecule has 1 atom stereocenters. The van der Waals surface area contributed by atoms with Gasteiger partial charge in [0.05, 0.1) is 13.2 Å². The third kappa shape index (κ3) is 2.69. The SMILES string of the molecule is CC1=C(Br)[NH+]2CN(C(F)(F)F)C=C(N3CCOCC3)C2=N1. The third-order valence-corrected chi connectivity index (χ3v) is 4.73. The second-order valence-electron chi connectivity index (χ2n) is 5.05. The molecule has 0 aromatic carbocycles. The van der Waals surface area contributed by atoms with E-state index in [0.717, 1.165) is 6.20 Å². The number of nitrogens with one attached hydrogen (secondary N) is 1. The van der Waals surface area contributed by atoms with E-state index >= 15 is 0 Å². The van der Waals surface area contributed by atoms with Crippen LogP contribution >= 0.6 is 15.9 Å². The van der Waals surface area contributed by atoms with Gasteiger partial charge >= 0.3 is 6.30 Å². The molecule has 1 saturated heterocycles. The number of nitrogens with zero attached hydrogens (tertiary/aromatic N) is 3.